The van der Waals surface area contributed by atoms with Crippen LogP contribution in [-0.2, 0) is 27.1 Å². The molecule has 3 N–H and O–H groups in total. The molecule has 1 aromatic carbocycles. The van der Waals surface area contributed by atoms with E-state index in [0.717, 1.165) is 0 Å². The Labute approximate surface area is 203 Å². The van der Waals surface area contributed by atoms with Gasteiger partial charge >= 0.3 is 0 Å². The third-order valence-electron chi connectivity index (χ3n) is 5.23. The lowest BCUT2D eigenvalue weighted by Gasteiger charge is -2.27. The third kappa shape index (κ3) is 5.49. The van der Waals surface area contributed by atoms with Gasteiger partial charge < -0.3 is 20.5 Å². The van der Waals surface area contributed by atoms with Gasteiger partial charge in [0.25, 0.3) is 15.9 Å². The smallest absolute Gasteiger partial charge is 0.259 e. The molecule has 2 aromatic heterocycles. The number of nitrogens with one attached hydrogen (secondary N) is 1. The topological polar surface area (TPSA) is 151 Å². The van der Waals surface area contributed by atoms with Crippen LogP contribution in [0.1, 0.15) is 41.2 Å². The maximum Gasteiger partial charge on any atom is 0.259 e. The van der Waals surface area contributed by atoms with E-state index in [0.29, 0.717) is 40.7 Å². The van der Waals surface area contributed by atoms with Crippen LogP contribution in [0.2, 0.25) is 0 Å². The van der Waals surface area contributed by atoms with Crippen molar-refractivity contribution in [1.29, 1.82) is 0 Å². The first-order valence-corrected chi connectivity index (χ1v) is 12.3. The second kappa shape index (κ2) is 9.47. The molecular formula is C23H26N6O5S. The molecule has 0 unspecified atom stereocenters. The first kappa shape index (κ1) is 24.4. The van der Waals surface area contributed by atoms with Crippen molar-refractivity contribution in [2.75, 3.05) is 13.7 Å². The largest absolute Gasteiger partial charge is 0.490 e. The molecular weight excluding hydrogens is 472 g/mol. The molecule has 3 aromatic rings. The lowest BCUT2D eigenvalue weighted by molar-refractivity contribution is 0.0880. The van der Waals surface area contributed by atoms with E-state index in [1.54, 1.807) is 60.6 Å². The Hall–Kier alpha value is -3.77. The number of nitrogens with two attached hydrogens (primary N) is 1. The minimum absolute atomic E-state index is 0.104. The fourth-order valence-electron chi connectivity index (χ4n) is 3.68. The SMILES string of the molecule is COCc1nccn1-c1cc(C(=O)NC(C)(C)COc2cccc3c2C(N)=NS(=O)(=O)C3)ccn1. The Morgan fingerprint density at radius 2 is 2.03 bits per heavy atom. The van der Waals surface area contributed by atoms with Crippen LogP contribution in [0.15, 0.2) is 53.3 Å². The van der Waals surface area contributed by atoms with Gasteiger partial charge in [-0.1, -0.05) is 12.1 Å². The molecule has 0 bridgehead atoms. The maximum absolute atomic E-state index is 13.0. The first-order valence-electron chi connectivity index (χ1n) is 10.7. The highest BCUT2D eigenvalue weighted by molar-refractivity contribution is 7.89. The van der Waals surface area contributed by atoms with Gasteiger partial charge in [0.05, 0.1) is 16.9 Å². The van der Waals surface area contributed by atoms with Crippen LogP contribution in [0.5, 0.6) is 5.75 Å². The van der Waals surface area contributed by atoms with Gasteiger partial charge in [0.2, 0.25) is 0 Å². The van der Waals surface area contributed by atoms with Gasteiger partial charge in [0, 0.05) is 31.3 Å². The molecule has 0 saturated heterocycles. The Balaban J connectivity index is 1.47. The van der Waals surface area contributed by atoms with Gasteiger partial charge in [-0.25, -0.2) is 18.4 Å². The van der Waals surface area contributed by atoms with Crippen LogP contribution in [0.25, 0.3) is 5.82 Å². The molecule has 0 spiro atoms. The zero-order valence-corrected chi connectivity index (χ0v) is 20.4. The first-order chi connectivity index (χ1) is 16.6. The van der Waals surface area contributed by atoms with Gasteiger partial charge in [0.15, 0.2) is 0 Å². The number of amides is 1. The molecule has 4 rings (SSSR count). The van der Waals surface area contributed by atoms with Crippen LogP contribution in [0.4, 0.5) is 0 Å². The van der Waals surface area contributed by atoms with Gasteiger partial charge in [-0.15, -0.1) is 4.40 Å². The predicted octanol–water partition coefficient (Wildman–Crippen LogP) is 1.55. The number of benzene rings is 1. The van der Waals surface area contributed by atoms with E-state index in [2.05, 4.69) is 19.7 Å². The third-order valence-corrected chi connectivity index (χ3v) is 6.38. The number of hydrogen-bond acceptors (Lipinski definition) is 8. The Morgan fingerprint density at radius 3 is 2.80 bits per heavy atom. The van der Waals surface area contributed by atoms with Gasteiger partial charge in [0.1, 0.15) is 36.4 Å². The number of imidazole rings is 1. The van der Waals surface area contributed by atoms with Crippen LogP contribution < -0.4 is 15.8 Å². The van der Waals surface area contributed by atoms with Gasteiger partial charge in [-0.05, 0) is 37.6 Å². The van der Waals surface area contributed by atoms with E-state index < -0.39 is 15.6 Å². The summed E-state index contributed by atoms with van der Waals surface area (Å²) in [5.41, 5.74) is 6.52. The van der Waals surface area contributed by atoms with Crippen molar-refractivity contribution < 1.29 is 22.7 Å². The number of amidine groups is 1. The summed E-state index contributed by atoms with van der Waals surface area (Å²) < 4.78 is 40.2. The number of aromatic nitrogens is 3. The van der Waals surface area contributed by atoms with Crippen molar-refractivity contribution in [1.82, 2.24) is 19.9 Å². The summed E-state index contributed by atoms with van der Waals surface area (Å²) >= 11 is 0. The molecule has 12 heteroatoms. The van der Waals surface area contributed by atoms with Crippen molar-refractivity contribution >= 4 is 21.8 Å². The molecule has 11 nitrogen and oxygen atoms in total. The fourth-order valence-corrected chi connectivity index (χ4v) is 4.77. The molecule has 0 atom stereocenters. The number of sulfonamides is 1. The fraction of sp³-hybridized carbons (Fsp3) is 0.304. The number of ether oxygens (including phenoxy) is 2. The highest BCUT2D eigenvalue weighted by atomic mass is 32.2. The molecule has 0 radical (unpaired) electrons. The lowest BCUT2D eigenvalue weighted by Crippen LogP contribution is -2.48. The van der Waals surface area contributed by atoms with Crippen molar-refractivity contribution in [2.24, 2.45) is 10.1 Å². The average Bonchev–Trinajstić information content (AvgIpc) is 3.25. The number of carbonyl (C=O) groups is 1. The van der Waals surface area contributed by atoms with E-state index in [1.807, 2.05) is 13.8 Å². The summed E-state index contributed by atoms with van der Waals surface area (Å²) in [5.74, 6) is 0.939. The van der Waals surface area contributed by atoms with E-state index in [9.17, 15) is 13.2 Å². The number of rotatable bonds is 8. The monoisotopic (exact) mass is 498 g/mol. The number of nitrogens with zero attached hydrogens (tertiary/aromatic N) is 4. The van der Waals surface area contributed by atoms with Gasteiger partial charge in [-0.2, -0.15) is 0 Å². The molecule has 0 fully saturated rings. The molecule has 184 valence electrons. The second-order valence-corrected chi connectivity index (χ2v) is 10.3. The summed E-state index contributed by atoms with van der Waals surface area (Å²) in [4.78, 5) is 21.6. The molecule has 0 saturated carbocycles. The van der Waals surface area contributed by atoms with Gasteiger partial charge in [-0.3, -0.25) is 9.36 Å². The van der Waals surface area contributed by atoms with E-state index in [-0.39, 0.29) is 24.1 Å². The number of pyridine rings is 1. The summed E-state index contributed by atoms with van der Waals surface area (Å²) in [6.45, 7) is 4.04. The Morgan fingerprint density at radius 1 is 1.23 bits per heavy atom. The minimum Gasteiger partial charge on any atom is -0.490 e. The number of methoxy groups -OCH3 is 1. The van der Waals surface area contributed by atoms with Crippen LogP contribution in [0, 0.1) is 0 Å². The van der Waals surface area contributed by atoms with Crippen LogP contribution in [0.3, 0.4) is 0 Å². The molecule has 1 aliphatic rings. The van der Waals surface area contributed by atoms with Crippen molar-refractivity contribution in [3.05, 3.63) is 71.4 Å². The highest BCUT2D eigenvalue weighted by Crippen LogP contribution is 2.28. The molecule has 3 heterocycles. The molecule has 1 amide bonds. The molecule has 0 aliphatic carbocycles. The van der Waals surface area contributed by atoms with Crippen molar-refractivity contribution in [3.8, 4) is 11.6 Å². The van der Waals surface area contributed by atoms with E-state index >= 15 is 0 Å². The average molecular weight is 499 g/mol. The highest BCUT2D eigenvalue weighted by Gasteiger charge is 2.27. The van der Waals surface area contributed by atoms with Crippen molar-refractivity contribution in [2.45, 2.75) is 31.7 Å². The Kier molecular flexibility index (Phi) is 6.59. The standard InChI is InChI=1S/C23H26N6O5S/c1-23(2,14-34-17-6-4-5-16-13-35(31,32)28-21(24)20(16)17)27-22(30)15-7-8-25-18(11-15)29-10-9-26-19(29)12-33-3/h4-11H,12-14H2,1-3H3,(H2,24,28)(H,27,30). The number of carbonyl (C=O) groups excluding carboxylic acids is 1. The number of hydrogen-bond donors (Lipinski definition) is 2. The zero-order valence-electron chi connectivity index (χ0n) is 19.6. The minimum atomic E-state index is -3.65. The zero-order chi connectivity index (χ0) is 25.2. The Bertz CT molecular complexity index is 1400. The summed E-state index contributed by atoms with van der Waals surface area (Å²) in [5, 5.41) is 2.96. The van der Waals surface area contributed by atoms with Crippen molar-refractivity contribution in [3.63, 3.8) is 0 Å². The number of fused-ring (bicyclic) bond motifs is 1. The second-order valence-electron chi connectivity index (χ2n) is 8.67. The predicted molar refractivity (Wildman–Crippen MR) is 129 cm³/mol. The summed E-state index contributed by atoms with van der Waals surface area (Å²) in [7, 11) is -2.07. The molecule has 35 heavy (non-hydrogen) atoms. The van der Waals surface area contributed by atoms with E-state index in [4.69, 9.17) is 15.2 Å². The van der Waals surface area contributed by atoms with Crippen LogP contribution in [-0.4, -0.2) is 54.0 Å². The normalized spacial score (nSPS) is 14.7. The quantitative estimate of drug-likeness (QED) is 0.475. The maximum atomic E-state index is 13.0. The summed E-state index contributed by atoms with van der Waals surface area (Å²) in [6.07, 6.45) is 4.94. The molecule has 1 aliphatic heterocycles. The van der Waals surface area contributed by atoms with Crippen LogP contribution >= 0.6 is 0 Å². The van der Waals surface area contributed by atoms with E-state index in [1.165, 1.54) is 0 Å². The lowest BCUT2D eigenvalue weighted by atomic mass is 10.0. The summed E-state index contributed by atoms with van der Waals surface area (Å²) in [6, 6.07) is 8.34.